The Kier molecular flexibility index (Phi) is 7.75. The van der Waals surface area contributed by atoms with Crippen molar-refractivity contribution < 1.29 is 19.4 Å². The van der Waals surface area contributed by atoms with Crippen LogP contribution in [0.25, 0.3) is 0 Å². The molecule has 0 aliphatic carbocycles. The number of aryl methyl sites for hydroxylation is 1. The Labute approximate surface area is 151 Å². The summed E-state index contributed by atoms with van der Waals surface area (Å²) in [7, 11) is 0. The van der Waals surface area contributed by atoms with Gasteiger partial charge in [0.2, 0.25) is 0 Å². The van der Waals surface area contributed by atoms with Gasteiger partial charge in [0.1, 0.15) is 0 Å². The summed E-state index contributed by atoms with van der Waals surface area (Å²) in [6.07, 6.45) is 0.537. The SMILES string of the molecule is CCOC(=O)c1ccc(N)cc1N.Nc1ccc(CCC(=O)O)c(N)c1. The molecule has 8 heteroatoms. The van der Waals surface area contributed by atoms with Gasteiger partial charge in [-0.05, 0) is 49.2 Å². The molecule has 0 aliphatic heterocycles. The average molecular weight is 360 g/mol. The number of nitrogens with two attached hydrogens (primary N) is 4. The molecule has 0 radical (unpaired) electrons. The zero-order chi connectivity index (χ0) is 19.7. The van der Waals surface area contributed by atoms with Crippen molar-refractivity contribution in [1.82, 2.24) is 0 Å². The summed E-state index contributed by atoms with van der Waals surface area (Å²) < 4.78 is 4.79. The van der Waals surface area contributed by atoms with Gasteiger partial charge in [-0.1, -0.05) is 6.07 Å². The van der Waals surface area contributed by atoms with E-state index < -0.39 is 11.9 Å². The molecule has 0 aliphatic rings. The molecule has 0 bridgehead atoms. The van der Waals surface area contributed by atoms with Crippen LogP contribution in [0.3, 0.4) is 0 Å². The molecule has 8 nitrogen and oxygen atoms in total. The van der Waals surface area contributed by atoms with Gasteiger partial charge in [-0.3, -0.25) is 4.79 Å². The predicted molar refractivity (Wildman–Crippen MR) is 102 cm³/mol. The second kappa shape index (κ2) is 9.77. The highest BCUT2D eigenvalue weighted by atomic mass is 16.5. The number of ether oxygens (including phenoxy) is 1. The lowest BCUT2D eigenvalue weighted by molar-refractivity contribution is -0.136. The molecular formula is C18H24N4O4. The van der Waals surface area contributed by atoms with Crippen LogP contribution in [0.5, 0.6) is 0 Å². The molecule has 0 atom stereocenters. The molecule has 0 aromatic heterocycles. The van der Waals surface area contributed by atoms with Crippen LogP contribution in [0.4, 0.5) is 22.7 Å². The zero-order valence-electron chi connectivity index (χ0n) is 14.6. The smallest absolute Gasteiger partial charge is 0.340 e. The summed E-state index contributed by atoms with van der Waals surface area (Å²) in [6, 6.07) is 9.82. The molecule has 0 spiro atoms. The van der Waals surface area contributed by atoms with Gasteiger partial charge in [-0.15, -0.1) is 0 Å². The van der Waals surface area contributed by atoms with Crippen molar-refractivity contribution in [2.45, 2.75) is 19.8 Å². The second-order valence-corrected chi connectivity index (χ2v) is 5.42. The fraction of sp³-hybridized carbons (Fsp3) is 0.222. The summed E-state index contributed by atoms with van der Waals surface area (Å²) in [4.78, 5) is 21.5. The summed E-state index contributed by atoms with van der Waals surface area (Å²) >= 11 is 0. The van der Waals surface area contributed by atoms with Crippen molar-refractivity contribution in [1.29, 1.82) is 0 Å². The number of benzene rings is 2. The Morgan fingerprint density at radius 3 is 2.04 bits per heavy atom. The molecule has 2 rings (SSSR count). The molecule has 26 heavy (non-hydrogen) atoms. The third-order valence-electron chi connectivity index (χ3n) is 3.35. The molecule has 140 valence electrons. The lowest BCUT2D eigenvalue weighted by Crippen LogP contribution is -2.08. The van der Waals surface area contributed by atoms with Crippen molar-refractivity contribution in [3.8, 4) is 0 Å². The predicted octanol–water partition coefficient (Wildman–Crippen LogP) is 1.90. The summed E-state index contributed by atoms with van der Waals surface area (Å²) in [5, 5.41) is 8.45. The number of hydrogen-bond donors (Lipinski definition) is 5. The van der Waals surface area contributed by atoms with E-state index in [2.05, 4.69) is 0 Å². The van der Waals surface area contributed by atoms with Crippen LogP contribution in [0.15, 0.2) is 36.4 Å². The number of aliphatic carboxylic acids is 1. The molecule has 0 unspecified atom stereocenters. The number of hydrogen-bond acceptors (Lipinski definition) is 7. The summed E-state index contributed by atoms with van der Waals surface area (Å²) in [6.45, 7) is 2.08. The summed E-state index contributed by atoms with van der Waals surface area (Å²) in [5.74, 6) is -1.24. The zero-order valence-corrected chi connectivity index (χ0v) is 14.6. The number of anilines is 4. The minimum absolute atomic E-state index is 0.0914. The van der Waals surface area contributed by atoms with E-state index >= 15 is 0 Å². The van der Waals surface area contributed by atoms with Gasteiger partial charge >= 0.3 is 11.9 Å². The van der Waals surface area contributed by atoms with Gasteiger partial charge in [-0.2, -0.15) is 0 Å². The Balaban J connectivity index is 0.000000260. The number of carboxylic acid groups (broad SMARTS) is 1. The van der Waals surface area contributed by atoms with Crippen molar-refractivity contribution in [2.75, 3.05) is 29.5 Å². The van der Waals surface area contributed by atoms with Crippen molar-refractivity contribution in [3.05, 3.63) is 47.5 Å². The average Bonchev–Trinajstić information content (AvgIpc) is 2.54. The topological polar surface area (TPSA) is 168 Å². The highest BCUT2D eigenvalue weighted by Crippen LogP contribution is 2.17. The highest BCUT2D eigenvalue weighted by molar-refractivity contribution is 5.95. The standard InChI is InChI=1S/2C9H12N2O2/c10-7-3-1-6(8(11)5-7)2-4-9(12)13;1-2-13-9(12)7-4-3-6(10)5-8(7)11/h1,3,5H,2,4,10-11H2,(H,12,13);3-5H,2,10-11H2,1H3. The van der Waals surface area contributed by atoms with Crippen LogP contribution >= 0.6 is 0 Å². The van der Waals surface area contributed by atoms with Crippen molar-refractivity contribution in [3.63, 3.8) is 0 Å². The molecule has 0 saturated carbocycles. The molecule has 0 saturated heterocycles. The van der Waals surface area contributed by atoms with Crippen molar-refractivity contribution in [2.24, 2.45) is 0 Å². The highest BCUT2D eigenvalue weighted by Gasteiger charge is 2.09. The number of carboxylic acids is 1. The number of esters is 1. The van der Waals surface area contributed by atoms with E-state index in [0.29, 0.717) is 41.3 Å². The molecule has 0 fully saturated rings. The minimum Gasteiger partial charge on any atom is -0.481 e. The van der Waals surface area contributed by atoms with Gasteiger partial charge < -0.3 is 32.8 Å². The first-order valence-corrected chi connectivity index (χ1v) is 7.92. The minimum atomic E-state index is -0.823. The van der Waals surface area contributed by atoms with Crippen LogP contribution in [-0.2, 0) is 16.0 Å². The normalized spacial score (nSPS) is 9.73. The lowest BCUT2D eigenvalue weighted by Gasteiger charge is -2.05. The van der Waals surface area contributed by atoms with Crippen LogP contribution in [0.1, 0.15) is 29.3 Å². The van der Waals surface area contributed by atoms with Gasteiger partial charge in [-0.25, -0.2) is 4.79 Å². The maximum absolute atomic E-state index is 11.2. The molecule has 0 amide bonds. The quantitative estimate of drug-likeness (QED) is 0.398. The lowest BCUT2D eigenvalue weighted by atomic mass is 10.1. The van der Waals surface area contributed by atoms with Crippen LogP contribution in [-0.4, -0.2) is 23.7 Å². The van der Waals surface area contributed by atoms with Crippen LogP contribution in [0, 0.1) is 0 Å². The van der Waals surface area contributed by atoms with Crippen LogP contribution < -0.4 is 22.9 Å². The first-order chi connectivity index (χ1) is 12.2. The van der Waals surface area contributed by atoms with E-state index in [9.17, 15) is 9.59 Å². The third kappa shape index (κ3) is 6.60. The Morgan fingerprint density at radius 1 is 0.962 bits per heavy atom. The van der Waals surface area contributed by atoms with E-state index in [0.717, 1.165) is 5.56 Å². The largest absolute Gasteiger partial charge is 0.481 e. The maximum Gasteiger partial charge on any atom is 0.340 e. The fourth-order valence-electron chi connectivity index (χ4n) is 2.06. The molecule has 2 aromatic carbocycles. The first kappa shape index (κ1) is 20.6. The first-order valence-electron chi connectivity index (χ1n) is 7.92. The molecule has 9 N–H and O–H groups in total. The number of carbonyl (C=O) groups excluding carboxylic acids is 1. The molecular weight excluding hydrogens is 336 g/mol. The second-order valence-electron chi connectivity index (χ2n) is 5.42. The molecule has 0 heterocycles. The third-order valence-corrected chi connectivity index (χ3v) is 3.35. The summed E-state index contributed by atoms with van der Waals surface area (Å²) in [5.41, 5.74) is 25.4. The van der Waals surface area contributed by atoms with E-state index in [1.54, 1.807) is 37.3 Å². The number of nitrogen functional groups attached to an aromatic ring is 4. The van der Waals surface area contributed by atoms with Gasteiger partial charge in [0.25, 0.3) is 0 Å². The number of rotatable bonds is 5. The maximum atomic E-state index is 11.2. The van der Waals surface area contributed by atoms with Crippen LogP contribution in [0.2, 0.25) is 0 Å². The van der Waals surface area contributed by atoms with E-state index in [-0.39, 0.29) is 6.42 Å². The van der Waals surface area contributed by atoms with E-state index in [1.165, 1.54) is 6.07 Å². The monoisotopic (exact) mass is 360 g/mol. The molecule has 2 aromatic rings. The van der Waals surface area contributed by atoms with E-state index in [4.69, 9.17) is 32.8 Å². The number of carbonyl (C=O) groups is 2. The van der Waals surface area contributed by atoms with Gasteiger partial charge in [0, 0.05) is 29.2 Å². The Bertz CT molecular complexity index is 778. The fourth-order valence-corrected chi connectivity index (χ4v) is 2.06. The van der Waals surface area contributed by atoms with Gasteiger partial charge in [0.15, 0.2) is 0 Å². The van der Waals surface area contributed by atoms with Gasteiger partial charge in [0.05, 0.1) is 12.2 Å². The Hall–Kier alpha value is -3.42. The van der Waals surface area contributed by atoms with Crippen molar-refractivity contribution >= 4 is 34.7 Å². The Morgan fingerprint density at radius 2 is 1.54 bits per heavy atom. The van der Waals surface area contributed by atoms with E-state index in [1.807, 2.05) is 0 Å².